The van der Waals surface area contributed by atoms with Crippen molar-refractivity contribution in [3.05, 3.63) is 28.2 Å². The predicted octanol–water partition coefficient (Wildman–Crippen LogP) is 4.13. The summed E-state index contributed by atoms with van der Waals surface area (Å²) in [5.41, 5.74) is -1.35. The van der Waals surface area contributed by atoms with Gasteiger partial charge in [-0.25, -0.2) is 19.4 Å². The van der Waals surface area contributed by atoms with E-state index in [0.717, 1.165) is 0 Å². The van der Waals surface area contributed by atoms with Gasteiger partial charge in [-0.3, -0.25) is 9.79 Å². The highest BCUT2D eigenvalue weighted by Gasteiger charge is 2.39. The maximum atomic E-state index is 13.0. The largest absolute Gasteiger partial charge is 0.479 e. The summed E-state index contributed by atoms with van der Waals surface area (Å²) in [6, 6.07) is -0.977. The van der Waals surface area contributed by atoms with Crippen LogP contribution in [0.3, 0.4) is 0 Å². The lowest BCUT2D eigenvalue weighted by molar-refractivity contribution is -0.151. The molecule has 1 unspecified atom stereocenters. The number of rotatable bonds is 13. The van der Waals surface area contributed by atoms with E-state index in [2.05, 4.69) is 20.6 Å². The summed E-state index contributed by atoms with van der Waals surface area (Å²) in [7, 11) is 0. The Labute approximate surface area is 247 Å². The molecule has 2 amide bonds. The molecule has 1 aromatic rings. The Morgan fingerprint density at radius 1 is 1.27 bits per heavy atom. The highest BCUT2D eigenvalue weighted by Crippen LogP contribution is 2.31. The van der Waals surface area contributed by atoms with Gasteiger partial charge < -0.3 is 25.2 Å². The van der Waals surface area contributed by atoms with Gasteiger partial charge in [0.1, 0.15) is 33.5 Å². The highest BCUT2D eigenvalue weighted by molar-refractivity contribution is 8.14. The van der Waals surface area contributed by atoms with Gasteiger partial charge in [0.05, 0.1) is 13.0 Å². The number of carboxylic acid groups (broad SMARTS) is 1. The first-order valence-corrected chi connectivity index (χ1v) is 15.1. The molecule has 0 saturated heterocycles. The molecule has 0 aliphatic carbocycles. The molecule has 0 bridgehead atoms. The summed E-state index contributed by atoms with van der Waals surface area (Å²) >= 11 is 8.40. The zero-order chi connectivity index (χ0) is 30.1. The molecule has 0 aromatic carbocycles. The maximum Gasteiger partial charge on any atom is 0.408 e. The minimum Gasteiger partial charge on any atom is -0.479 e. The number of carbonyl (C=O) groups is 4. The van der Waals surface area contributed by atoms with Gasteiger partial charge in [0.25, 0.3) is 0 Å². The van der Waals surface area contributed by atoms with Crippen LogP contribution in [0.2, 0.25) is 0 Å². The highest BCUT2D eigenvalue weighted by atomic mass is 35.5. The van der Waals surface area contributed by atoms with Crippen molar-refractivity contribution in [1.82, 2.24) is 15.6 Å². The molecule has 11 nitrogen and oxygen atoms in total. The van der Waals surface area contributed by atoms with E-state index in [-0.39, 0.29) is 24.8 Å². The third kappa shape index (κ3) is 10.7. The molecule has 0 spiro atoms. The summed E-state index contributed by atoms with van der Waals surface area (Å²) in [6.07, 6.45) is 2.06. The number of aliphatic carboxylic acids is 1. The molecule has 1 aromatic heterocycles. The standard InChI is InChI=1S/C26H37ClN4O7S2/c1-15(2)20(30-24(36)38-25(3,4)5)22(33)37-16(9-7-8-10-27)11-18(32)28-12-19-29-17(13-39-19)21-31-26(6,14-40-21)23(34)35/h7,9,13,15-16,20H,8,10-12,14H2,1-6H3,(H,28,32)(H,30,36)(H,34,35)/b9-7+/t16-,20?,26+/m1/s1. The van der Waals surface area contributed by atoms with Crippen molar-refractivity contribution in [2.24, 2.45) is 10.9 Å². The number of nitrogens with zero attached hydrogens (tertiary/aromatic N) is 2. The molecular formula is C26H37ClN4O7S2. The molecule has 0 radical (unpaired) electrons. The van der Waals surface area contributed by atoms with Crippen LogP contribution in [0, 0.1) is 5.92 Å². The first-order chi connectivity index (χ1) is 18.6. The number of hydrogen-bond donors (Lipinski definition) is 3. The molecule has 1 aliphatic rings. The molecule has 3 N–H and O–H groups in total. The lowest BCUT2D eigenvalue weighted by Gasteiger charge is -2.26. The smallest absolute Gasteiger partial charge is 0.408 e. The van der Waals surface area contributed by atoms with E-state index in [0.29, 0.717) is 33.8 Å². The maximum absolute atomic E-state index is 13.0. The first-order valence-electron chi connectivity index (χ1n) is 12.7. The molecule has 1 aliphatic heterocycles. The van der Waals surface area contributed by atoms with Crippen molar-refractivity contribution in [3.63, 3.8) is 0 Å². The van der Waals surface area contributed by atoms with Crippen LogP contribution < -0.4 is 10.6 Å². The van der Waals surface area contributed by atoms with E-state index in [1.54, 1.807) is 59.1 Å². The van der Waals surface area contributed by atoms with Crippen LogP contribution in [-0.4, -0.2) is 74.0 Å². The number of thioether (sulfide) groups is 1. The van der Waals surface area contributed by atoms with Gasteiger partial charge in [-0.15, -0.1) is 34.7 Å². The van der Waals surface area contributed by atoms with E-state index in [4.69, 9.17) is 21.1 Å². The Hall–Kier alpha value is -2.64. The van der Waals surface area contributed by atoms with E-state index in [1.165, 1.54) is 23.1 Å². The van der Waals surface area contributed by atoms with Gasteiger partial charge in [-0.05, 0) is 46.1 Å². The van der Waals surface area contributed by atoms with Crippen LogP contribution in [0.5, 0.6) is 0 Å². The number of nitrogens with one attached hydrogen (secondary N) is 2. The number of esters is 1. The number of amides is 2. The minimum atomic E-state index is -1.18. The number of allylic oxidation sites excluding steroid dienone is 1. The number of alkyl carbamates (subject to hydrolysis) is 1. The molecule has 14 heteroatoms. The Morgan fingerprint density at radius 2 is 1.98 bits per heavy atom. The predicted molar refractivity (Wildman–Crippen MR) is 156 cm³/mol. The van der Waals surface area contributed by atoms with Crippen LogP contribution in [0.1, 0.15) is 65.1 Å². The molecule has 2 rings (SSSR count). The van der Waals surface area contributed by atoms with Crippen molar-refractivity contribution in [1.29, 1.82) is 0 Å². The summed E-state index contributed by atoms with van der Waals surface area (Å²) < 4.78 is 10.9. The summed E-state index contributed by atoms with van der Waals surface area (Å²) in [5.74, 6) is -1.67. The summed E-state index contributed by atoms with van der Waals surface area (Å²) in [5, 5.41) is 17.6. The van der Waals surface area contributed by atoms with Crippen molar-refractivity contribution in [3.8, 4) is 0 Å². The second-order valence-corrected chi connectivity index (χ2v) is 12.9. The van der Waals surface area contributed by atoms with Crippen molar-refractivity contribution >= 4 is 63.7 Å². The van der Waals surface area contributed by atoms with Gasteiger partial charge >= 0.3 is 18.0 Å². The molecule has 2 heterocycles. The normalized spacial score (nSPS) is 18.8. The average molecular weight is 617 g/mol. The lowest BCUT2D eigenvalue weighted by Crippen LogP contribution is -2.48. The number of halogens is 1. The molecule has 40 heavy (non-hydrogen) atoms. The van der Waals surface area contributed by atoms with Crippen molar-refractivity contribution in [2.75, 3.05) is 11.6 Å². The van der Waals surface area contributed by atoms with Crippen LogP contribution in [0.25, 0.3) is 0 Å². The topological polar surface area (TPSA) is 156 Å². The van der Waals surface area contributed by atoms with Gasteiger partial charge in [0, 0.05) is 17.0 Å². The Morgan fingerprint density at radius 3 is 2.55 bits per heavy atom. The van der Waals surface area contributed by atoms with Gasteiger partial charge in [0.15, 0.2) is 5.54 Å². The number of aliphatic imine (C=N–C) groups is 1. The Bertz CT molecular complexity index is 1130. The molecule has 3 atom stereocenters. The van der Waals surface area contributed by atoms with Crippen LogP contribution >= 0.6 is 34.7 Å². The number of thiazole rings is 1. The fourth-order valence-corrected chi connectivity index (χ4v) is 5.32. The average Bonchev–Trinajstić information content (AvgIpc) is 3.47. The minimum absolute atomic E-state index is 0.137. The Kier molecular flexibility index (Phi) is 12.4. The van der Waals surface area contributed by atoms with E-state index < -0.39 is 41.3 Å². The number of carboxylic acids is 1. The summed E-state index contributed by atoms with van der Waals surface area (Å²) in [4.78, 5) is 58.1. The third-order valence-electron chi connectivity index (χ3n) is 5.38. The molecule has 0 saturated carbocycles. The quantitative estimate of drug-likeness (QED) is 0.168. The number of alkyl halides is 1. The number of ether oxygens (including phenoxy) is 2. The number of carbonyl (C=O) groups excluding carboxylic acids is 3. The van der Waals surface area contributed by atoms with Gasteiger partial charge in [0.2, 0.25) is 5.91 Å². The lowest BCUT2D eigenvalue weighted by atomic mass is 10.0. The van der Waals surface area contributed by atoms with Crippen molar-refractivity contribution < 1.29 is 33.8 Å². The molecule has 0 fully saturated rings. The van der Waals surface area contributed by atoms with Crippen LogP contribution in [0.4, 0.5) is 4.79 Å². The fourth-order valence-electron chi connectivity index (χ4n) is 3.27. The monoisotopic (exact) mass is 616 g/mol. The molecule has 222 valence electrons. The third-order valence-corrected chi connectivity index (χ3v) is 7.73. The second kappa shape index (κ2) is 14.8. The van der Waals surface area contributed by atoms with E-state index in [1.807, 2.05) is 0 Å². The second-order valence-electron chi connectivity index (χ2n) is 10.6. The van der Waals surface area contributed by atoms with Gasteiger partial charge in [-0.2, -0.15) is 0 Å². The molecular weight excluding hydrogens is 580 g/mol. The first kappa shape index (κ1) is 33.6. The zero-order valence-corrected chi connectivity index (χ0v) is 25.9. The Balaban J connectivity index is 2.00. The number of aromatic nitrogens is 1. The summed E-state index contributed by atoms with van der Waals surface area (Å²) in [6.45, 7) is 10.4. The van der Waals surface area contributed by atoms with Crippen LogP contribution in [0.15, 0.2) is 22.5 Å². The zero-order valence-electron chi connectivity index (χ0n) is 23.5. The number of hydrogen-bond acceptors (Lipinski definition) is 10. The van der Waals surface area contributed by atoms with E-state index >= 15 is 0 Å². The fraction of sp³-hybridized carbons (Fsp3) is 0.615. The SMILES string of the molecule is CC(C)C(NC(=O)OC(C)(C)C)C(=O)O[C@H](/C=C/CCCl)CC(=O)NCc1nc(C2=N[C@](C)(C(=O)O)CS2)cs1. The van der Waals surface area contributed by atoms with Crippen molar-refractivity contribution in [2.45, 2.75) is 84.2 Å². The van der Waals surface area contributed by atoms with Gasteiger partial charge in [-0.1, -0.05) is 19.9 Å². The van der Waals surface area contributed by atoms with Crippen LogP contribution in [-0.2, 0) is 30.4 Å². The van der Waals surface area contributed by atoms with E-state index in [9.17, 15) is 24.3 Å².